The summed E-state index contributed by atoms with van der Waals surface area (Å²) in [6, 6.07) is 129. The van der Waals surface area contributed by atoms with E-state index in [1.807, 2.05) is 0 Å². The first-order valence-corrected chi connectivity index (χ1v) is 29.0. The maximum Gasteiger partial charge on any atom is 0.0540 e. The second kappa shape index (κ2) is 23.7. The fraction of sp³-hybridized carbons (Fsp3) is 0. The predicted molar refractivity (Wildman–Crippen MR) is 361 cm³/mol. The normalized spacial score (nSPS) is 11.1. The summed E-state index contributed by atoms with van der Waals surface area (Å²) >= 11 is 0. The van der Waals surface area contributed by atoms with E-state index in [0.29, 0.717) is 0 Å². The summed E-state index contributed by atoms with van der Waals surface area (Å²) in [7, 11) is 0. The molecule has 0 saturated heterocycles. The molecule has 14 aromatic rings. The molecule has 0 bridgehead atoms. The lowest BCUT2D eigenvalue weighted by Gasteiger charge is -2.27. The second-order valence-corrected chi connectivity index (χ2v) is 21.3. The molecule has 0 unspecified atom stereocenters. The van der Waals surface area contributed by atoms with Gasteiger partial charge in [0.2, 0.25) is 0 Å². The van der Waals surface area contributed by atoms with Crippen molar-refractivity contribution < 1.29 is 0 Å². The molecular formula is C82H59N3. The molecule has 0 N–H and O–H groups in total. The van der Waals surface area contributed by atoms with E-state index in [4.69, 9.17) is 0 Å². The van der Waals surface area contributed by atoms with Gasteiger partial charge in [0.05, 0.1) is 5.69 Å². The van der Waals surface area contributed by atoms with Gasteiger partial charge >= 0.3 is 0 Å². The predicted octanol–water partition coefficient (Wildman–Crippen LogP) is 23.3. The molecule has 0 aliphatic heterocycles. The number of anilines is 9. The van der Waals surface area contributed by atoms with Crippen LogP contribution in [0.1, 0.15) is 0 Å². The summed E-state index contributed by atoms with van der Waals surface area (Å²) in [5.74, 6) is 0. The Kier molecular flexibility index (Phi) is 14.4. The topological polar surface area (TPSA) is 9.72 Å². The summed E-state index contributed by atoms with van der Waals surface area (Å²) in [5.41, 5.74) is 24.1. The first kappa shape index (κ1) is 51.9. The Morgan fingerprint density at radius 1 is 0.129 bits per heavy atom. The molecule has 14 aromatic carbocycles. The summed E-state index contributed by atoms with van der Waals surface area (Å²) in [6.07, 6.45) is 0. The van der Waals surface area contributed by atoms with Crippen LogP contribution in [0, 0.1) is 0 Å². The molecule has 3 heteroatoms. The van der Waals surface area contributed by atoms with E-state index in [-0.39, 0.29) is 0 Å². The highest BCUT2D eigenvalue weighted by molar-refractivity contribution is 5.99. The molecule has 0 amide bonds. The van der Waals surface area contributed by atoms with Crippen LogP contribution >= 0.6 is 0 Å². The van der Waals surface area contributed by atoms with Gasteiger partial charge in [-0.3, -0.25) is 0 Å². The molecule has 0 aliphatic carbocycles. The monoisotopic (exact) mass is 1090 g/mol. The quantitative estimate of drug-likeness (QED) is 0.101. The van der Waals surface area contributed by atoms with Crippen LogP contribution in [-0.4, -0.2) is 0 Å². The zero-order chi connectivity index (χ0) is 56.7. The van der Waals surface area contributed by atoms with Crippen LogP contribution in [0.3, 0.4) is 0 Å². The van der Waals surface area contributed by atoms with E-state index < -0.39 is 0 Å². The molecule has 0 heterocycles. The number of hydrogen-bond donors (Lipinski definition) is 0. The Labute approximate surface area is 498 Å². The van der Waals surface area contributed by atoms with Crippen molar-refractivity contribution in [3.8, 4) is 66.8 Å². The van der Waals surface area contributed by atoms with Gasteiger partial charge in [0.1, 0.15) is 0 Å². The van der Waals surface area contributed by atoms with Crippen molar-refractivity contribution in [3.63, 3.8) is 0 Å². The Bertz CT molecular complexity index is 4390. The van der Waals surface area contributed by atoms with Gasteiger partial charge in [-0.2, -0.15) is 0 Å². The van der Waals surface area contributed by atoms with Crippen molar-refractivity contribution in [1.29, 1.82) is 0 Å². The number of para-hydroxylation sites is 2. The van der Waals surface area contributed by atoms with Crippen molar-refractivity contribution in [3.05, 3.63) is 358 Å². The SMILES string of the molecule is c1ccc(-c2ccc(N(c3ccc(-c4ccccc4)cc3)c3ccc(-c4ccc(-c5ccc(N(c6ccccc6)c6ccc(-c7ccc(-c8ccc(N(c9ccccc9)c9cccc%10ccccc9%10)cc8)cc7)cc6)cc5)cc4)cc3)cc2)cc1. The number of benzene rings is 14. The van der Waals surface area contributed by atoms with Gasteiger partial charge < -0.3 is 14.7 Å². The number of hydrogen-bond acceptors (Lipinski definition) is 3. The van der Waals surface area contributed by atoms with E-state index in [9.17, 15) is 0 Å². The van der Waals surface area contributed by atoms with Gasteiger partial charge in [0.15, 0.2) is 0 Å². The van der Waals surface area contributed by atoms with Crippen LogP contribution in [-0.2, 0) is 0 Å². The maximum absolute atomic E-state index is 2.35. The molecule has 14 rings (SSSR count). The molecule has 0 aromatic heterocycles. The molecule has 0 atom stereocenters. The van der Waals surface area contributed by atoms with Crippen LogP contribution in [0.5, 0.6) is 0 Å². The summed E-state index contributed by atoms with van der Waals surface area (Å²) in [6.45, 7) is 0. The van der Waals surface area contributed by atoms with Crippen molar-refractivity contribution in [2.24, 2.45) is 0 Å². The Balaban J connectivity index is 0.673. The van der Waals surface area contributed by atoms with Gasteiger partial charge in [-0.1, -0.05) is 255 Å². The minimum absolute atomic E-state index is 1.09. The average Bonchev–Trinajstić information content (AvgIpc) is 3.73. The van der Waals surface area contributed by atoms with E-state index in [0.717, 1.165) is 62.3 Å². The van der Waals surface area contributed by atoms with Crippen molar-refractivity contribution >= 4 is 62.0 Å². The Morgan fingerprint density at radius 2 is 0.329 bits per heavy atom. The van der Waals surface area contributed by atoms with E-state index in [2.05, 4.69) is 373 Å². The highest BCUT2D eigenvalue weighted by Crippen LogP contribution is 2.42. The van der Waals surface area contributed by atoms with Crippen molar-refractivity contribution in [1.82, 2.24) is 0 Å². The van der Waals surface area contributed by atoms with Crippen LogP contribution < -0.4 is 14.7 Å². The molecule has 3 nitrogen and oxygen atoms in total. The van der Waals surface area contributed by atoms with Crippen molar-refractivity contribution in [2.75, 3.05) is 14.7 Å². The smallest absolute Gasteiger partial charge is 0.0540 e. The number of nitrogens with zero attached hydrogens (tertiary/aromatic N) is 3. The third kappa shape index (κ3) is 11.0. The fourth-order valence-corrected chi connectivity index (χ4v) is 11.7. The van der Waals surface area contributed by atoms with Crippen LogP contribution in [0.2, 0.25) is 0 Å². The van der Waals surface area contributed by atoms with Gasteiger partial charge in [0, 0.05) is 50.9 Å². The average molecular weight is 1090 g/mol. The zero-order valence-corrected chi connectivity index (χ0v) is 46.9. The molecule has 0 saturated carbocycles. The Hall–Kier alpha value is -11.3. The lowest BCUT2D eigenvalue weighted by atomic mass is 9.99. The lowest BCUT2D eigenvalue weighted by Crippen LogP contribution is -2.10. The van der Waals surface area contributed by atoms with Crippen LogP contribution in [0.4, 0.5) is 51.2 Å². The maximum atomic E-state index is 2.35. The fourth-order valence-electron chi connectivity index (χ4n) is 11.7. The first-order valence-electron chi connectivity index (χ1n) is 29.0. The summed E-state index contributed by atoms with van der Waals surface area (Å²) < 4.78 is 0. The van der Waals surface area contributed by atoms with Gasteiger partial charge in [-0.25, -0.2) is 0 Å². The van der Waals surface area contributed by atoms with Crippen LogP contribution in [0.15, 0.2) is 358 Å². The van der Waals surface area contributed by atoms with Gasteiger partial charge in [-0.05, 0) is 175 Å². The third-order valence-electron chi connectivity index (χ3n) is 16.1. The summed E-state index contributed by atoms with van der Waals surface area (Å²) in [4.78, 5) is 7.01. The second-order valence-electron chi connectivity index (χ2n) is 21.3. The molecule has 402 valence electrons. The molecular weight excluding hydrogens is 1030 g/mol. The highest BCUT2D eigenvalue weighted by atomic mass is 15.2. The van der Waals surface area contributed by atoms with Gasteiger partial charge in [0.25, 0.3) is 0 Å². The minimum atomic E-state index is 1.09. The summed E-state index contributed by atoms with van der Waals surface area (Å²) in [5, 5.41) is 2.44. The standard InChI is InChI=1S/C82H59N3/c1-5-16-60(17-6-1)66-36-48-77(49-37-66)84(78-50-38-67(39-51-78)61-18-7-2-8-19-61)79-56-44-70(45-57-79)64-30-28-62(29-31-64)68-40-52-75(53-41-68)83(73-22-9-3-10-23-73)76-54-42-69(43-55-76)63-32-34-65(35-33-63)71-46-58-80(59-47-71)85(74-24-11-4-12-25-74)82-27-15-21-72-20-13-14-26-81(72)82/h1-59H. The molecule has 0 spiro atoms. The minimum Gasteiger partial charge on any atom is -0.311 e. The van der Waals surface area contributed by atoms with E-state index in [1.165, 1.54) is 66.4 Å². The molecule has 0 fully saturated rings. The van der Waals surface area contributed by atoms with E-state index in [1.54, 1.807) is 0 Å². The highest BCUT2D eigenvalue weighted by Gasteiger charge is 2.18. The van der Waals surface area contributed by atoms with Gasteiger partial charge in [-0.15, -0.1) is 0 Å². The van der Waals surface area contributed by atoms with Crippen molar-refractivity contribution in [2.45, 2.75) is 0 Å². The largest absolute Gasteiger partial charge is 0.311 e. The zero-order valence-electron chi connectivity index (χ0n) is 46.9. The third-order valence-corrected chi connectivity index (χ3v) is 16.1. The first-order chi connectivity index (χ1) is 42.1. The van der Waals surface area contributed by atoms with E-state index >= 15 is 0 Å². The molecule has 0 aliphatic rings. The Morgan fingerprint density at radius 3 is 0.635 bits per heavy atom. The lowest BCUT2D eigenvalue weighted by molar-refractivity contribution is 1.28. The number of rotatable bonds is 15. The van der Waals surface area contributed by atoms with Crippen LogP contribution in [0.25, 0.3) is 77.5 Å². The number of fused-ring (bicyclic) bond motifs is 1. The molecule has 85 heavy (non-hydrogen) atoms. The molecule has 0 radical (unpaired) electrons.